The lowest BCUT2D eigenvalue weighted by Gasteiger charge is -2.08. The quantitative estimate of drug-likeness (QED) is 0.864. The Balaban J connectivity index is 1.53. The molecule has 1 saturated carbocycles. The number of benzene rings is 2. The zero-order valence-electron chi connectivity index (χ0n) is 12.8. The highest BCUT2D eigenvalue weighted by Gasteiger charge is 2.22. The lowest BCUT2D eigenvalue weighted by Crippen LogP contribution is -2.14. The maximum Gasteiger partial charge on any atom is 0.411 e. The van der Waals surface area contributed by atoms with E-state index in [1.807, 2.05) is 24.3 Å². The van der Waals surface area contributed by atoms with Gasteiger partial charge in [0.15, 0.2) is 0 Å². The number of hydrogen-bond donors (Lipinski definition) is 2. The molecule has 0 radical (unpaired) electrons. The summed E-state index contributed by atoms with van der Waals surface area (Å²) in [6, 6.07) is 11.2. The molecule has 2 N–H and O–H groups in total. The number of aromatic carboxylic acids is 1. The molecule has 0 bridgehead atoms. The summed E-state index contributed by atoms with van der Waals surface area (Å²) in [5, 5.41) is 11.1. The Bertz CT molecular complexity index is 769. The summed E-state index contributed by atoms with van der Waals surface area (Å²) in [7, 11) is 0. The summed E-state index contributed by atoms with van der Waals surface area (Å²) >= 11 is 0. The number of carbonyl (C=O) groups excluding carboxylic acids is 1. The van der Waals surface area contributed by atoms with E-state index in [2.05, 4.69) is 5.32 Å². The molecular formula is C18H16FNO4. The molecule has 24 heavy (non-hydrogen) atoms. The minimum atomic E-state index is -1.36. The molecule has 5 nitrogen and oxygen atoms in total. The number of anilines is 1. The predicted molar refractivity (Wildman–Crippen MR) is 85.6 cm³/mol. The van der Waals surface area contributed by atoms with Gasteiger partial charge >= 0.3 is 12.1 Å². The molecule has 1 aliphatic rings. The third-order valence-electron chi connectivity index (χ3n) is 3.84. The van der Waals surface area contributed by atoms with E-state index < -0.39 is 23.4 Å². The van der Waals surface area contributed by atoms with Crippen molar-refractivity contribution in [3.63, 3.8) is 0 Å². The van der Waals surface area contributed by atoms with E-state index in [4.69, 9.17) is 9.84 Å². The second kappa shape index (κ2) is 6.70. The number of carboxylic acids is 1. The van der Waals surface area contributed by atoms with Gasteiger partial charge in [0.25, 0.3) is 0 Å². The molecule has 0 aliphatic heterocycles. The summed E-state index contributed by atoms with van der Waals surface area (Å²) in [4.78, 5) is 22.5. The third-order valence-corrected chi connectivity index (χ3v) is 3.84. The smallest absolute Gasteiger partial charge is 0.411 e. The van der Waals surface area contributed by atoms with Crippen LogP contribution in [0.4, 0.5) is 14.9 Å². The van der Waals surface area contributed by atoms with Crippen LogP contribution in [-0.4, -0.2) is 17.2 Å². The number of nitrogens with one attached hydrogen (secondary N) is 1. The fourth-order valence-corrected chi connectivity index (χ4v) is 2.37. The molecule has 0 spiro atoms. The Morgan fingerprint density at radius 2 is 1.88 bits per heavy atom. The van der Waals surface area contributed by atoms with Crippen molar-refractivity contribution in [1.82, 2.24) is 0 Å². The zero-order valence-corrected chi connectivity index (χ0v) is 12.8. The molecule has 1 aliphatic carbocycles. The van der Waals surface area contributed by atoms with E-state index in [9.17, 15) is 14.0 Å². The van der Waals surface area contributed by atoms with Crippen LogP contribution in [0.25, 0.3) is 0 Å². The average Bonchev–Trinajstić information content (AvgIpc) is 3.38. The monoisotopic (exact) mass is 329 g/mol. The molecule has 6 heteroatoms. The van der Waals surface area contributed by atoms with Crippen LogP contribution in [0, 0.1) is 5.82 Å². The molecule has 0 heterocycles. The number of rotatable bonds is 5. The van der Waals surface area contributed by atoms with Crippen LogP contribution in [0.15, 0.2) is 42.5 Å². The summed E-state index contributed by atoms with van der Waals surface area (Å²) in [5.74, 6) is -1.61. The fourth-order valence-electron chi connectivity index (χ4n) is 2.37. The van der Waals surface area contributed by atoms with Crippen LogP contribution in [0.5, 0.6) is 0 Å². The van der Waals surface area contributed by atoms with Gasteiger partial charge in [0.1, 0.15) is 12.4 Å². The molecule has 0 aromatic heterocycles. The molecule has 1 amide bonds. The normalized spacial score (nSPS) is 13.4. The molecule has 2 aromatic carbocycles. The first kappa shape index (κ1) is 16.0. The van der Waals surface area contributed by atoms with E-state index in [1.54, 1.807) is 0 Å². The molecule has 0 saturated heterocycles. The van der Waals surface area contributed by atoms with Crippen LogP contribution in [0.3, 0.4) is 0 Å². The second-order valence-electron chi connectivity index (χ2n) is 5.72. The Kier molecular flexibility index (Phi) is 4.46. The molecule has 3 rings (SSSR count). The lowest BCUT2D eigenvalue weighted by molar-refractivity contribution is 0.0692. The summed E-state index contributed by atoms with van der Waals surface area (Å²) in [5.41, 5.74) is 1.84. The molecule has 0 atom stereocenters. The van der Waals surface area contributed by atoms with Crippen molar-refractivity contribution in [2.75, 3.05) is 5.32 Å². The summed E-state index contributed by atoms with van der Waals surface area (Å²) in [6.45, 7) is 0.104. The zero-order chi connectivity index (χ0) is 17.1. The van der Waals surface area contributed by atoms with E-state index in [0.29, 0.717) is 5.92 Å². The van der Waals surface area contributed by atoms with E-state index in [0.717, 1.165) is 17.7 Å². The van der Waals surface area contributed by atoms with Gasteiger partial charge in [-0.2, -0.15) is 0 Å². The highest BCUT2D eigenvalue weighted by Crippen LogP contribution is 2.39. The third kappa shape index (κ3) is 3.90. The highest BCUT2D eigenvalue weighted by atomic mass is 19.1. The average molecular weight is 329 g/mol. The number of amides is 1. The molecule has 1 fully saturated rings. The largest absolute Gasteiger partial charge is 0.478 e. The number of halogens is 1. The number of carboxylic acid groups (broad SMARTS) is 1. The van der Waals surface area contributed by atoms with Gasteiger partial charge in [0.05, 0.1) is 5.56 Å². The molecule has 124 valence electrons. The maximum absolute atomic E-state index is 13.5. The second-order valence-corrected chi connectivity index (χ2v) is 5.72. The molecule has 0 unspecified atom stereocenters. The standard InChI is InChI=1S/C18H16FNO4/c19-16-9-14(7-8-15(16)17(21)22)20-18(23)24-10-11-1-3-12(4-2-11)13-5-6-13/h1-4,7-9,13H,5-6,10H2,(H,20,23)(H,21,22). The minimum absolute atomic E-state index is 0.104. The Labute approximate surface area is 138 Å². The van der Waals surface area contributed by atoms with Crippen LogP contribution in [0.1, 0.15) is 40.2 Å². The first-order chi connectivity index (χ1) is 11.5. The van der Waals surface area contributed by atoms with E-state index in [-0.39, 0.29) is 12.3 Å². The van der Waals surface area contributed by atoms with Gasteiger partial charge in [-0.25, -0.2) is 14.0 Å². The van der Waals surface area contributed by atoms with Crippen LogP contribution in [0.2, 0.25) is 0 Å². The predicted octanol–water partition coefficient (Wildman–Crippen LogP) is 4.15. The Hall–Kier alpha value is -2.89. The topological polar surface area (TPSA) is 75.6 Å². The van der Waals surface area contributed by atoms with Gasteiger partial charge in [0.2, 0.25) is 0 Å². The number of ether oxygens (including phenoxy) is 1. The van der Waals surface area contributed by atoms with Gasteiger partial charge in [-0.1, -0.05) is 24.3 Å². The first-order valence-corrected chi connectivity index (χ1v) is 7.58. The van der Waals surface area contributed by atoms with E-state index in [1.165, 1.54) is 24.5 Å². The van der Waals surface area contributed by atoms with Crippen LogP contribution >= 0.6 is 0 Å². The Morgan fingerprint density at radius 1 is 1.17 bits per heavy atom. The SMILES string of the molecule is O=C(Nc1ccc(C(=O)O)c(F)c1)OCc1ccc(C2CC2)cc1. The summed E-state index contributed by atoms with van der Waals surface area (Å²) in [6.07, 6.45) is 1.73. The maximum atomic E-state index is 13.5. The van der Waals surface area contributed by atoms with Crippen molar-refractivity contribution in [3.05, 3.63) is 65.0 Å². The van der Waals surface area contributed by atoms with Crippen molar-refractivity contribution >= 4 is 17.7 Å². The first-order valence-electron chi connectivity index (χ1n) is 7.58. The van der Waals surface area contributed by atoms with Crippen molar-refractivity contribution in [2.45, 2.75) is 25.4 Å². The van der Waals surface area contributed by atoms with Crippen LogP contribution in [-0.2, 0) is 11.3 Å². The van der Waals surface area contributed by atoms with Gasteiger partial charge in [-0.05, 0) is 48.1 Å². The van der Waals surface area contributed by atoms with Gasteiger partial charge < -0.3 is 9.84 Å². The Morgan fingerprint density at radius 3 is 2.46 bits per heavy atom. The van der Waals surface area contributed by atoms with Gasteiger partial charge in [-0.15, -0.1) is 0 Å². The van der Waals surface area contributed by atoms with Crippen LogP contribution < -0.4 is 5.32 Å². The van der Waals surface area contributed by atoms with Crippen molar-refractivity contribution in [3.8, 4) is 0 Å². The van der Waals surface area contributed by atoms with E-state index >= 15 is 0 Å². The molecular weight excluding hydrogens is 313 g/mol. The minimum Gasteiger partial charge on any atom is -0.478 e. The number of carbonyl (C=O) groups is 2. The fraction of sp³-hybridized carbons (Fsp3) is 0.222. The van der Waals surface area contributed by atoms with Crippen molar-refractivity contribution in [1.29, 1.82) is 0 Å². The summed E-state index contributed by atoms with van der Waals surface area (Å²) < 4.78 is 18.6. The highest BCUT2D eigenvalue weighted by molar-refractivity contribution is 5.90. The van der Waals surface area contributed by atoms with Gasteiger partial charge in [0, 0.05) is 5.69 Å². The molecule has 2 aromatic rings. The van der Waals surface area contributed by atoms with Gasteiger partial charge in [-0.3, -0.25) is 5.32 Å². The van der Waals surface area contributed by atoms with Crippen molar-refractivity contribution in [2.24, 2.45) is 0 Å². The van der Waals surface area contributed by atoms with Crippen molar-refractivity contribution < 1.29 is 23.8 Å². The lowest BCUT2D eigenvalue weighted by atomic mass is 10.1. The number of hydrogen-bond acceptors (Lipinski definition) is 3.